The molecule has 0 aliphatic carbocycles. The van der Waals surface area contributed by atoms with E-state index in [-0.39, 0.29) is 5.91 Å². The van der Waals surface area contributed by atoms with Gasteiger partial charge in [-0.15, -0.1) is 0 Å². The number of anilines is 3. The van der Waals surface area contributed by atoms with Crippen molar-refractivity contribution in [1.82, 2.24) is 30.4 Å². The van der Waals surface area contributed by atoms with Gasteiger partial charge in [0.1, 0.15) is 17.3 Å². The van der Waals surface area contributed by atoms with Crippen LogP contribution in [0.4, 0.5) is 17.6 Å². The Morgan fingerprint density at radius 2 is 2.03 bits per heavy atom. The van der Waals surface area contributed by atoms with Gasteiger partial charge in [0, 0.05) is 56.0 Å². The molecule has 10 heteroatoms. The summed E-state index contributed by atoms with van der Waals surface area (Å²) in [6, 6.07) is 4.99. The largest absolute Gasteiger partial charge is 0.491 e. The standard InChI is InChI=1S/C25H36N8O2/c1-4-26-24(34)15-33-17-7-5-8-18(33)13-19(12-17)32(3)25-27-20(21-9-6-10-35-21)14-22(29-25)28-23-11-16(2)30-31-23/h9,11,14,17-19H,4-8,10,12-13,15H2,1-3H3,(H,26,34)(H2,27,28,29,30,31)/t17-,18+,19-. The number of nitrogens with one attached hydrogen (secondary N) is 3. The van der Waals surface area contributed by atoms with Gasteiger partial charge in [-0.1, -0.05) is 6.42 Å². The smallest absolute Gasteiger partial charge is 0.234 e. The van der Waals surface area contributed by atoms with E-state index < -0.39 is 0 Å². The van der Waals surface area contributed by atoms with Crippen LogP contribution in [0.25, 0.3) is 5.76 Å². The number of fused-ring (bicyclic) bond motifs is 2. The van der Waals surface area contributed by atoms with Gasteiger partial charge in [-0.05, 0) is 45.6 Å². The van der Waals surface area contributed by atoms with Gasteiger partial charge in [-0.2, -0.15) is 10.1 Å². The highest BCUT2D eigenvalue weighted by Gasteiger charge is 2.40. The lowest BCUT2D eigenvalue weighted by Crippen LogP contribution is -2.58. The molecule has 2 aromatic rings. The Morgan fingerprint density at radius 3 is 2.69 bits per heavy atom. The van der Waals surface area contributed by atoms with Crippen LogP contribution in [0.3, 0.4) is 0 Å². The Bertz CT molecular complexity index is 1070. The minimum Gasteiger partial charge on any atom is -0.491 e. The topological polar surface area (TPSA) is 111 Å². The number of rotatable bonds is 8. The summed E-state index contributed by atoms with van der Waals surface area (Å²) in [6.07, 6.45) is 8.46. The molecule has 5 rings (SSSR count). The first-order valence-corrected chi connectivity index (χ1v) is 12.8. The van der Waals surface area contributed by atoms with Crippen LogP contribution in [0.5, 0.6) is 0 Å². The normalized spacial score (nSPS) is 24.0. The van der Waals surface area contributed by atoms with Gasteiger partial charge in [0.2, 0.25) is 11.9 Å². The van der Waals surface area contributed by atoms with Crippen LogP contribution in [0.2, 0.25) is 0 Å². The van der Waals surface area contributed by atoms with Gasteiger partial charge in [0.25, 0.3) is 0 Å². The lowest BCUT2D eigenvalue weighted by molar-refractivity contribution is -0.125. The average Bonchev–Trinajstić information content (AvgIpc) is 3.50. The van der Waals surface area contributed by atoms with Crippen LogP contribution < -0.4 is 15.5 Å². The highest BCUT2D eigenvalue weighted by molar-refractivity contribution is 5.78. The van der Waals surface area contributed by atoms with Crippen molar-refractivity contribution in [1.29, 1.82) is 0 Å². The average molecular weight is 481 g/mol. The van der Waals surface area contributed by atoms with Crippen LogP contribution in [0.15, 0.2) is 18.2 Å². The number of likely N-dealkylation sites (N-methyl/N-ethyl adjacent to an activating group) is 1. The molecule has 3 N–H and O–H groups in total. The number of aromatic nitrogens is 4. The minimum absolute atomic E-state index is 0.126. The number of hydrogen-bond acceptors (Lipinski definition) is 8. The molecule has 2 bridgehead atoms. The summed E-state index contributed by atoms with van der Waals surface area (Å²) in [5.41, 5.74) is 1.76. The molecule has 3 aliphatic rings. The van der Waals surface area contributed by atoms with E-state index >= 15 is 0 Å². The van der Waals surface area contributed by atoms with Gasteiger partial charge in [0.05, 0.1) is 13.2 Å². The predicted molar refractivity (Wildman–Crippen MR) is 135 cm³/mol. The highest BCUT2D eigenvalue weighted by atomic mass is 16.5. The van der Waals surface area contributed by atoms with Crippen molar-refractivity contribution in [2.24, 2.45) is 0 Å². The molecule has 0 unspecified atom stereocenters. The monoisotopic (exact) mass is 480 g/mol. The SMILES string of the molecule is CCNC(=O)CN1[C@@H]2CCC[C@H]1C[C@H](N(C)c1nc(Nc3cc(C)[nH]n3)cc(C3=CCCO3)n1)C2. The molecule has 35 heavy (non-hydrogen) atoms. The molecule has 2 fully saturated rings. The molecule has 5 heterocycles. The van der Waals surface area contributed by atoms with Crippen molar-refractivity contribution in [3.63, 3.8) is 0 Å². The van der Waals surface area contributed by atoms with Crippen molar-refractivity contribution in [2.75, 3.05) is 37.0 Å². The molecule has 3 atom stereocenters. The summed E-state index contributed by atoms with van der Waals surface area (Å²) in [5.74, 6) is 3.01. The third-order valence-electron chi connectivity index (χ3n) is 7.30. The zero-order chi connectivity index (χ0) is 24.4. The van der Waals surface area contributed by atoms with E-state index in [4.69, 9.17) is 14.7 Å². The Morgan fingerprint density at radius 1 is 1.23 bits per heavy atom. The number of carbonyl (C=O) groups excluding carboxylic acids is 1. The molecule has 10 nitrogen and oxygen atoms in total. The summed E-state index contributed by atoms with van der Waals surface area (Å²) in [4.78, 5) is 26.7. The fraction of sp³-hybridized carbons (Fsp3) is 0.600. The maximum Gasteiger partial charge on any atom is 0.234 e. The van der Waals surface area contributed by atoms with E-state index in [1.165, 1.54) is 6.42 Å². The Balaban J connectivity index is 1.37. The van der Waals surface area contributed by atoms with Gasteiger partial charge in [-0.25, -0.2) is 4.98 Å². The molecule has 0 spiro atoms. The number of aromatic amines is 1. The summed E-state index contributed by atoms with van der Waals surface area (Å²) in [7, 11) is 2.09. The Kier molecular flexibility index (Phi) is 6.90. The van der Waals surface area contributed by atoms with Gasteiger partial charge in [-0.3, -0.25) is 14.8 Å². The maximum absolute atomic E-state index is 12.3. The van der Waals surface area contributed by atoms with Gasteiger partial charge < -0.3 is 20.3 Å². The number of piperidine rings is 2. The van der Waals surface area contributed by atoms with Crippen LogP contribution in [-0.4, -0.2) is 75.8 Å². The van der Waals surface area contributed by atoms with Gasteiger partial charge in [0.15, 0.2) is 5.82 Å². The number of H-pyrrole nitrogens is 1. The summed E-state index contributed by atoms with van der Waals surface area (Å²) < 4.78 is 5.82. The quantitative estimate of drug-likeness (QED) is 0.529. The molecular weight excluding hydrogens is 444 g/mol. The summed E-state index contributed by atoms with van der Waals surface area (Å²) in [5, 5.41) is 13.5. The molecule has 0 aromatic carbocycles. The fourth-order valence-electron chi connectivity index (χ4n) is 5.60. The van der Waals surface area contributed by atoms with Crippen molar-refractivity contribution < 1.29 is 9.53 Å². The van der Waals surface area contributed by atoms with Crippen LogP contribution in [0.1, 0.15) is 56.8 Å². The molecule has 188 valence electrons. The second kappa shape index (κ2) is 10.2. The second-order valence-electron chi connectivity index (χ2n) is 9.81. The first kappa shape index (κ1) is 23.6. The third kappa shape index (κ3) is 5.27. The maximum atomic E-state index is 12.3. The third-order valence-corrected chi connectivity index (χ3v) is 7.30. The van der Waals surface area contributed by atoms with Gasteiger partial charge >= 0.3 is 0 Å². The molecule has 1 amide bonds. The van der Waals surface area contributed by atoms with Crippen LogP contribution in [-0.2, 0) is 9.53 Å². The summed E-state index contributed by atoms with van der Waals surface area (Å²) >= 11 is 0. The molecule has 0 radical (unpaired) electrons. The van der Waals surface area contributed by atoms with Crippen LogP contribution in [0, 0.1) is 6.92 Å². The van der Waals surface area contributed by atoms with E-state index in [1.54, 1.807) is 0 Å². The highest BCUT2D eigenvalue weighted by Crippen LogP contribution is 2.37. The van der Waals surface area contributed by atoms with Crippen molar-refractivity contribution in [2.45, 2.75) is 70.5 Å². The number of hydrogen-bond donors (Lipinski definition) is 3. The lowest BCUT2D eigenvalue weighted by atomic mass is 9.81. The van der Waals surface area contributed by atoms with Crippen molar-refractivity contribution in [3.05, 3.63) is 29.6 Å². The predicted octanol–water partition coefficient (Wildman–Crippen LogP) is 2.97. The van der Waals surface area contributed by atoms with E-state index in [2.05, 4.69) is 43.8 Å². The number of ether oxygens (including phenoxy) is 1. The second-order valence-corrected chi connectivity index (χ2v) is 9.81. The van der Waals surface area contributed by atoms with Crippen LogP contribution >= 0.6 is 0 Å². The van der Waals surface area contributed by atoms with Crippen molar-refractivity contribution >= 4 is 29.3 Å². The van der Waals surface area contributed by atoms with E-state index in [9.17, 15) is 4.79 Å². The zero-order valence-electron chi connectivity index (χ0n) is 20.9. The number of aryl methyl sites for hydroxylation is 1. The number of carbonyl (C=O) groups is 1. The molecule has 0 saturated carbocycles. The number of amides is 1. The lowest BCUT2D eigenvalue weighted by Gasteiger charge is -2.50. The Hall–Kier alpha value is -3.14. The first-order valence-electron chi connectivity index (χ1n) is 12.8. The Labute approximate surface area is 206 Å². The first-order chi connectivity index (χ1) is 17.0. The van der Waals surface area contributed by atoms with E-state index in [1.807, 2.05) is 26.0 Å². The number of nitrogens with zero attached hydrogens (tertiary/aromatic N) is 5. The van der Waals surface area contributed by atoms with Crippen molar-refractivity contribution in [3.8, 4) is 0 Å². The van der Waals surface area contributed by atoms with E-state index in [0.717, 1.165) is 55.1 Å². The molecule has 2 aromatic heterocycles. The fourth-order valence-corrected chi connectivity index (χ4v) is 5.60. The zero-order valence-corrected chi connectivity index (χ0v) is 20.9. The minimum atomic E-state index is 0.126. The molecule has 3 aliphatic heterocycles. The van der Waals surface area contributed by atoms with E-state index in [0.29, 0.717) is 49.6 Å². The molecule has 2 saturated heterocycles. The molecular formula is C25H36N8O2. The summed E-state index contributed by atoms with van der Waals surface area (Å²) in [6.45, 7) is 5.79.